The third-order valence-electron chi connectivity index (χ3n) is 2.05. The molecule has 0 spiro atoms. The molecular weight excluding hydrogens is 220 g/mol. The first-order valence-electron chi connectivity index (χ1n) is 4.55. The van der Waals surface area contributed by atoms with Crippen LogP contribution in [0.5, 0.6) is 0 Å². The van der Waals surface area contributed by atoms with Crippen LogP contribution in [0.2, 0.25) is 0 Å². The van der Waals surface area contributed by atoms with E-state index >= 15 is 0 Å². The Hall–Kier alpha value is -0.860. The Kier molecular flexibility index (Phi) is 5.55. The van der Waals surface area contributed by atoms with Gasteiger partial charge in [-0.2, -0.15) is 12.7 Å². The van der Waals surface area contributed by atoms with Crippen LogP contribution < -0.4 is 10.5 Å². The first-order chi connectivity index (χ1) is 6.88. The van der Waals surface area contributed by atoms with E-state index in [4.69, 9.17) is 10.9 Å². The van der Waals surface area contributed by atoms with E-state index in [0.29, 0.717) is 6.54 Å². The van der Waals surface area contributed by atoms with Gasteiger partial charge in [-0.1, -0.05) is 19.0 Å². The van der Waals surface area contributed by atoms with E-state index in [0.717, 1.165) is 0 Å². The number of hydrogen-bond donors (Lipinski definition) is 3. The second kappa shape index (κ2) is 5.89. The highest BCUT2D eigenvalue weighted by Gasteiger charge is 2.21. The molecule has 0 aliphatic rings. The van der Waals surface area contributed by atoms with Gasteiger partial charge < -0.3 is 10.9 Å². The maximum absolute atomic E-state index is 11.4. The Morgan fingerprint density at radius 2 is 2.20 bits per heavy atom. The molecule has 0 fully saturated rings. The lowest BCUT2D eigenvalue weighted by Gasteiger charge is -2.22. The van der Waals surface area contributed by atoms with Gasteiger partial charge >= 0.3 is 0 Å². The second-order valence-corrected chi connectivity index (χ2v) is 4.96. The van der Waals surface area contributed by atoms with E-state index in [1.54, 1.807) is 13.8 Å². The first kappa shape index (κ1) is 14.1. The van der Waals surface area contributed by atoms with Gasteiger partial charge in [-0.15, -0.1) is 0 Å². The molecule has 0 aliphatic carbocycles. The molecule has 0 amide bonds. The molecule has 0 heterocycles. The number of nitrogens with zero attached hydrogens (tertiary/aromatic N) is 2. The van der Waals surface area contributed by atoms with E-state index < -0.39 is 10.2 Å². The SMILES string of the molecule is CCN(CC(C)C(N)=NO)S(=O)(=O)NC. The third-order valence-corrected chi connectivity index (χ3v) is 3.65. The minimum Gasteiger partial charge on any atom is -0.409 e. The van der Waals surface area contributed by atoms with Crippen molar-refractivity contribution < 1.29 is 13.6 Å². The molecule has 4 N–H and O–H groups in total. The molecule has 0 bridgehead atoms. The van der Waals surface area contributed by atoms with Gasteiger partial charge in [0, 0.05) is 26.1 Å². The van der Waals surface area contributed by atoms with E-state index in [2.05, 4.69) is 9.88 Å². The molecular formula is C7H18N4O3S. The zero-order valence-electron chi connectivity index (χ0n) is 9.14. The molecule has 15 heavy (non-hydrogen) atoms. The molecule has 0 saturated heterocycles. The summed E-state index contributed by atoms with van der Waals surface area (Å²) < 4.78 is 26.3. The minimum absolute atomic E-state index is 0.0137. The van der Waals surface area contributed by atoms with Gasteiger partial charge in [-0.3, -0.25) is 0 Å². The Balaban J connectivity index is 4.62. The normalized spacial score (nSPS) is 15.6. The van der Waals surface area contributed by atoms with Gasteiger partial charge in [-0.25, -0.2) is 4.72 Å². The highest BCUT2D eigenvalue weighted by atomic mass is 32.2. The lowest BCUT2D eigenvalue weighted by molar-refractivity contribution is 0.311. The summed E-state index contributed by atoms with van der Waals surface area (Å²) in [5, 5.41) is 11.3. The molecule has 0 radical (unpaired) electrons. The summed E-state index contributed by atoms with van der Waals surface area (Å²) >= 11 is 0. The van der Waals surface area contributed by atoms with Crippen molar-refractivity contribution in [2.45, 2.75) is 13.8 Å². The molecule has 0 saturated carbocycles. The zero-order chi connectivity index (χ0) is 12.1. The summed E-state index contributed by atoms with van der Waals surface area (Å²) in [5.41, 5.74) is 5.36. The molecule has 0 aliphatic heterocycles. The van der Waals surface area contributed by atoms with E-state index in [-0.39, 0.29) is 18.3 Å². The van der Waals surface area contributed by atoms with Gasteiger partial charge in [-0.05, 0) is 0 Å². The largest absolute Gasteiger partial charge is 0.409 e. The molecule has 1 atom stereocenters. The average molecular weight is 238 g/mol. The Labute approximate surface area is 90.1 Å². The van der Waals surface area contributed by atoms with Crippen LogP contribution in [0, 0.1) is 5.92 Å². The molecule has 8 heteroatoms. The zero-order valence-corrected chi connectivity index (χ0v) is 9.95. The van der Waals surface area contributed by atoms with E-state index in [9.17, 15) is 8.42 Å². The van der Waals surface area contributed by atoms with Crippen LogP contribution in [0.3, 0.4) is 0 Å². The Morgan fingerprint density at radius 1 is 1.67 bits per heavy atom. The fourth-order valence-corrected chi connectivity index (χ4v) is 2.04. The molecule has 0 rings (SSSR count). The van der Waals surface area contributed by atoms with Crippen LogP contribution in [-0.2, 0) is 10.2 Å². The van der Waals surface area contributed by atoms with Crippen LogP contribution in [0.25, 0.3) is 0 Å². The van der Waals surface area contributed by atoms with Crippen molar-refractivity contribution in [2.75, 3.05) is 20.1 Å². The van der Waals surface area contributed by atoms with Gasteiger partial charge in [0.05, 0.1) is 0 Å². The van der Waals surface area contributed by atoms with Crippen molar-refractivity contribution in [3.63, 3.8) is 0 Å². The number of nitrogens with one attached hydrogen (secondary N) is 1. The van der Waals surface area contributed by atoms with E-state index in [1.165, 1.54) is 11.4 Å². The van der Waals surface area contributed by atoms with Crippen molar-refractivity contribution in [3.05, 3.63) is 0 Å². The van der Waals surface area contributed by atoms with Crippen molar-refractivity contribution in [1.82, 2.24) is 9.03 Å². The Bertz CT molecular complexity index is 314. The summed E-state index contributed by atoms with van der Waals surface area (Å²) in [6.45, 7) is 3.90. The van der Waals surface area contributed by atoms with Crippen molar-refractivity contribution in [3.8, 4) is 0 Å². The summed E-state index contributed by atoms with van der Waals surface area (Å²) in [7, 11) is -2.12. The highest BCUT2D eigenvalue weighted by Crippen LogP contribution is 2.04. The lowest BCUT2D eigenvalue weighted by Crippen LogP contribution is -2.43. The van der Waals surface area contributed by atoms with Gasteiger partial charge in [0.1, 0.15) is 5.84 Å². The van der Waals surface area contributed by atoms with Gasteiger partial charge in [0.15, 0.2) is 0 Å². The van der Waals surface area contributed by atoms with Crippen LogP contribution in [0.4, 0.5) is 0 Å². The first-order valence-corrected chi connectivity index (χ1v) is 5.99. The fraction of sp³-hybridized carbons (Fsp3) is 0.857. The number of hydrogen-bond acceptors (Lipinski definition) is 4. The van der Waals surface area contributed by atoms with Crippen molar-refractivity contribution in [1.29, 1.82) is 0 Å². The van der Waals surface area contributed by atoms with Gasteiger partial charge in [0.25, 0.3) is 10.2 Å². The molecule has 0 aromatic heterocycles. The molecule has 0 aromatic rings. The van der Waals surface area contributed by atoms with Crippen molar-refractivity contribution in [2.24, 2.45) is 16.8 Å². The maximum Gasteiger partial charge on any atom is 0.279 e. The molecule has 0 aromatic carbocycles. The summed E-state index contributed by atoms with van der Waals surface area (Å²) in [6, 6.07) is 0. The monoisotopic (exact) mass is 238 g/mol. The van der Waals surface area contributed by atoms with Crippen LogP contribution in [-0.4, -0.2) is 43.9 Å². The second-order valence-electron chi connectivity index (χ2n) is 3.09. The number of amidine groups is 1. The predicted molar refractivity (Wildman–Crippen MR) is 57.8 cm³/mol. The number of oxime groups is 1. The molecule has 7 nitrogen and oxygen atoms in total. The van der Waals surface area contributed by atoms with Crippen LogP contribution in [0.15, 0.2) is 5.16 Å². The van der Waals surface area contributed by atoms with E-state index in [1.807, 2.05) is 0 Å². The summed E-state index contributed by atoms with van der Waals surface area (Å²) in [6.07, 6.45) is 0. The quantitative estimate of drug-likeness (QED) is 0.242. The number of nitrogens with two attached hydrogens (primary N) is 1. The topological polar surface area (TPSA) is 108 Å². The summed E-state index contributed by atoms with van der Waals surface area (Å²) in [4.78, 5) is 0. The van der Waals surface area contributed by atoms with Crippen LogP contribution in [0.1, 0.15) is 13.8 Å². The maximum atomic E-state index is 11.4. The van der Waals surface area contributed by atoms with Crippen molar-refractivity contribution >= 4 is 16.0 Å². The minimum atomic E-state index is -3.46. The predicted octanol–water partition coefficient (Wildman–Crippen LogP) is -0.845. The number of rotatable bonds is 6. The van der Waals surface area contributed by atoms with Gasteiger partial charge in [0.2, 0.25) is 0 Å². The fourth-order valence-electron chi connectivity index (χ4n) is 1.02. The third kappa shape index (κ3) is 4.02. The summed E-state index contributed by atoms with van der Waals surface area (Å²) in [5.74, 6) is -0.321. The smallest absolute Gasteiger partial charge is 0.279 e. The highest BCUT2D eigenvalue weighted by molar-refractivity contribution is 7.87. The Morgan fingerprint density at radius 3 is 2.53 bits per heavy atom. The molecule has 1 unspecified atom stereocenters. The molecule has 90 valence electrons. The average Bonchev–Trinajstić information content (AvgIpc) is 2.23. The standard InChI is InChI=1S/C7H18N4O3S/c1-4-11(15(13,14)9-3)5-6(2)7(8)10-12/h6,9,12H,4-5H2,1-3H3,(H2,8,10). The van der Waals surface area contributed by atoms with Crippen LogP contribution >= 0.6 is 0 Å². The lowest BCUT2D eigenvalue weighted by atomic mass is 10.1.